The van der Waals surface area contributed by atoms with E-state index in [1.807, 2.05) is 13.8 Å². The van der Waals surface area contributed by atoms with Crippen molar-refractivity contribution < 1.29 is 9.90 Å². The Balaban J connectivity index is 0. The van der Waals surface area contributed by atoms with Crippen LogP contribution < -0.4 is 5.32 Å². The van der Waals surface area contributed by atoms with Crippen molar-refractivity contribution in [3.05, 3.63) is 0 Å². The molecule has 0 saturated carbocycles. The van der Waals surface area contributed by atoms with Crippen molar-refractivity contribution in [1.82, 2.24) is 5.32 Å². The lowest BCUT2D eigenvalue weighted by Gasteiger charge is -1.96. The predicted molar refractivity (Wildman–Crippen MR) is 46.8 cm³/mol. The molecule has 0 aliphatic carbocycles. The Morgan fingerprint density at radius 3 is 2.36 bits per heavy atom. The number of carboxylic acids is 1. The summed E-state index contributed by atoms with van der Waals surface area (Å²) in [5, 5.41) is 10.9. The second-order valence-electron chi connectivity index (χ2n) is 1.92. The molecular formula is C8H19NO2. The van der Waals surface area contributed by atoms with Crippen LogP contribution in [0.1, 0.15) is 33.6 Å². The van der Waals surface area contributed by atoms with Gasteiger partial charge in [0, 0.05) is 0 Å². The molecule has 0 unspecified atom stereocenters. The highest BCUT2D eigenvalue weighted by Gasteiger charge is 1.91. The summed E-state index contributed by atoms with van der Waals surface area (Å²) >= 11 is 0. The zero-order valence-corrected chi connectivity index (χ0v) is 7.68. The molecule has 2 N–H and O–H groups in total. The molecule has 0 amide bonds. The van der Waals surface area contributed by atoms with Gasteiger partial charge in [-0.05, 0) is 13.0 Å². The first-order valence-electron chi connectivity index (χ1n) is 4.20. The van der Waals surface area contributed by atoms with Crippen molar-refractivity contribution in [2.75, 3.05) is 13.1 Å². The van der Waals surface area contributed by atoms with Gasteiger partial charge in [0.1, 0.15) is 0 Å². The van der Waals surface area contributed by atoms with Gasteiger partial charge >= 0.3 is 5.97 Å². The van der Waals surface area contributed by atoms with Crippen LogP contribution >= 0.6 is 0 Å². The summed E-state index contributed by atoms with van der Waals surface area (Å²) < 4.78 is 0. The van der Waals surface area contributed by atoms with Crippen LogP contribution in [-0.2, 0) is 4.79 Å². The van der Waals surface area contributed by atoms with E-state index in [2.05, 4.69) is 12.2 Å². The molecule has 0 fully saturated rings. The molecule has 0 aliphatic heterocycles. The molecule has 0 rings (SSSR count). The largest absolute Gasteiger partial charge is 0.480 e. The van der Waals surface area contributed by atoms with Gasteiger partial charge in [-0.25, -0.2) is 0 Å². The fourth-order valence-corrected chi connectivity index (χ4v) is 0.497. The summed E-state index contributed by atoms with van der Waals surface area (Å²) in [6, 6.07) is 0. The van der Waals surface area contributed by atoms with Gasteiger partial charge in [0.05, 0.1) is 6.54 Å². The molecule has 68 valence electrons. The summed E-state index contributed by atoms with van der Waals surface area (Å²) in [6.45, 7) is 6.96. The number of hydrogen-bond acceptors (Lipinski definition) is 2. The molecule has 3 nitrogen and oxygen atoms in total. The minimum Gasteiger partial charge on any atom is -0.480 e. The quantitative estimate of drug-likeness (QED) is 0.600. The number of unbranched alkanes of at least 4 members (excludes halogenated alkanes) is 1. The number of nitrogens with one attached hydrogen (secondary N) is 1. The molecule has 0 saturated heterocycles. The average molecular weight is 161 g/mol. The van der Waals surface area contributed by atoms with E-state index in [4.69, 9.17) is 5.11 Å². The Hall–Kier alpha value is -0.570. The van der Waals surface area contributed by atoms with Crippen molar-refractivity contribution in [1.29, 1.82) is 0 Å². The van der Waals surface area contributed by atoms with E-state index < -0.39 is 5.97 Å². The van der Waals surface area contributed by atoms with E-state index in [1.54, 1.807) is 0 Å². The molecule has 0 radical (unpaired) electrons. The van der Waals surface area contributed by atoms with Crippen LogP contribution in [-0.4, -0.2) is 24.2 Å². The third kappa shape index (κ3) is 17.7. The number of aliphatic carboxylic acids is 1. The van der Waals surface area contributed by atoms with Crippen molar-refractivity contribution in [3.63, 3.8) is 0 Å². The maximum atomic E-state index is 9.90. The van der Waals surface area contributed by atoms with Gasteiger partial charge in [-0.1, -0.05) is 27.2 Å². The maximum Gasteiger partial charge on any atom is 0.317 e. The van der Waals surface area contributed by atoms with E-state index in [0.717, 1.165) is 19.4 Å². The maximum absolute atomic E-state index is 9.90. The van der Waals surface area contributed by atoms with Crippen molar-refractivity contribution in [2.45, 2.75) is 33.6 Å². The summed E-state index contributed by atoms with van der Waals surface area (Å²) in [5.74, 6) is -0.786. The molecule has 0 aliphatic rings. The third-order valence-corrected chi connectivity index (χ3v) is 0.983. The van der Waals surface area contributed by atoms with Gasteiger partial charge < -0.3 is 10.4 Å². The second-order valence-corrected chi connectivity index (χ2v) is 1.92. The minimum absolute atomic E-state index is 0.0833. The Morgan fingerprint density at radius 2 is 2.00 bits per heavy atom. The molecule has 11 heavy (non-hydrogen) atoms. The van der Waals surface area contributed by atoms with Gasteiger partial charge in [0.15, 0.2) is 0 Å². The van der Waals surface area contributed by atoms with Crippen LogP contribution in [0.5, 0.6) is 0 Å². The molecule has 0 aromatic carbocycles. The smallest absolute Gasteiger partial charge is 0.317 e. The number of hydrogen-bond donors (Lipinski definition) is 2. The molecule has 3 heteroatoms. The Labute approximate surface area is 68.8 Å². The van der Waals surface area contributed by atoms with Crippen LogP contribution in [0.3, 0.4) is 0 Å². The van der Waals surface area contributed by atoms with Gasteiger partial charge in [-0.15, -0.1) is 0 Å². The van der Waals surface area contributed by atoms with E-state index in [-0.39, 0.29) is 6.54 Å². The van der Waals surface area contributed by atoms with Crippen LogP contribution in [0.25, 0.3) is 0 Å². The van der Waals surface area contributed by atoms with E-state index in [9.17, 15) is 4.79 Å². The van der Waals surface area contributed by atoms with Crippen LogP contribution in [0.2, 0.25) is 0 Å². The lowest BCUT2D eigenvalue weighted by Crippen LogP contribution is -2.23. The summed E-state index contributed by atoms with van der Waals surface area (Å²) in [5.41, 5.74) is 0. The first-order valence-corrected chi connectivity index (χ1v) is 4.20. The summed E-state index contributed by atoms with van der Waals surface area (Å²) in [7, 11) is 0. The van der Waals surface area contributed by atoms with E-state index in [0.29, 0.717) is 0 Å². The lowest BCUT2D eigenvalue weighted by atomic mass is 10.3. The number of carboxylic acid groups (broad SMARTS) is 1. The van der Waals surface area contributed by atoms with Crippen LogP contribution in [0, 0.1) is 0 Å². The van der Waals surface area contributed by atoms with E-state index >= 15 is 0 Å². The fraction of sp³-hybridized carbons (Fsp3) is 0.875. The number of carbonyl (C=O) groups is 1. The van der Waals surface area contributed by atoms with Gasteiger partial charge in [-0.3, -0.25) is 4.79 Å². The molecule has 0 spiro atoms. The van der Waals surface area contributed by atoms with Gasteiger partial charge in [-0.2, -0.15) is 0 Å². The summed E-state index contributed by atoms with van der Waals surface area (Å²) in [4.78, 5) is 9.90. The van der Waals surface area contributed by atoms with E-state index in [1.165, 1.54) is 0 Å². The molecular weight excluding hydrogens is 142 g/mol. The van der Waals surface area contributed by atoms with Gasteiger partial charge in [0.2, 0.25) is 0 Å². The molecule has 0 aromatic heterocycles. The average Bonchev–Trinajstić information content (AvgIpc) is 2.02. The third-order valence-electron chi connectivity index (χ3n) is 0.983. The first kappa shape index (κ1) is 13.1. The molecule has 0 bridgehead atoms. The normalized spacial score (nSPS) is 8.27. The Kier molecular flexibility index (Phi) is 14.4. The monoisotopic (exact) mass is 161 g/mol. The highest BCUT2D eigenvalue weighted by atomic mass is 16.4. The van der Waals surface area contributed by atoms with Crippen LogP contribution in [0.15, 0.2) is 0 Å². The summed E-state index contributed by atoms with van der Waals surface area (Å²) in [6.07, 6.45) is 2.15. The van der Waals surface area contributed by atoms with Crippen molar-refractivity contribution in [2.24, 2.45) is 0 Å². The lowest BCUT2D eigenvalue weighted by molar-refractivity contribution is -0.135. The topological polar surface area (TPSA) is 49.3 Å². The molecule has 0 aromatic rings. The van der Waals surface area contributed by atoms with Gasteiger partial charge in [0.25, 0.3) is 0 Å². The predicted octanol–water partition coefficient (Wildman–Crippen LogP) is 1.49. The zero-order chi connectivity index (χ0) is 9.11. The standard InChI is InChI=1S/C6H13NO2.C2H6/c1-2-3-4-7-5-6(8)9;1-2/h7H,2-5H2,1H3,(H,8,9);1-2H3. The number of rotatable bonds is 5. The SMILES string of the molecule is CC.CCCCNCC(=O)O. The zero-order valence-electron chi connectivity index (χ0n) is 7.68. The van der Waals surface area contributed by atoms with Crippen molar-refractivity contribution in [3.8, 4) is 0 Å². The highest BCUT2D eigenvalue weighted by molar-refractivity contribution is 5.68. The van der Waals surface area contributed by atoms with Crippen LogP contribution in [0.4, 0.5) is 0 Å². The highest BCUT2D eigenvalue weighted by Crippen LogP contribution is 1.80. The Bertz CT molecular complexity index is 84.2. The molecule has 0 atom stereocenters. The van der Waals surface area contributed by atoms with Crippen molar-refractivity contribution >= 4 is 5.97 Å². The fourth-order valence-electron chi connectivity index (χ4n) is 0.497. The first-order chi connectivity index (χ1) is 5.27. The molecule has 0 heterocycles. The Morgan fingerprint density at radius 1 is 1.45 bits per heavy atom. The minimum atomic E-state index is -0.786. The second kappa shape index (κ2) is 12.1.